The van der Waals surface area contributed by atoms with Crippen molar-refractivity contribution in [1.29, 1.82) is 0 Å². The summed E-state index contributed by atoms with van der Waals surface area (Å²) in [4.78, 5) is 18.6. The molecular formula is C15H20N2O2. The molecule has 0 fully saturated rings. The second-order valence-corrected chi connectivity index (χ2v) is 4.89. The Morgan fingerprint density at radius 3 is 2.68 bits per heavy atom. The van der Waals surface area contributed by atoms with Crippen LogP contribution in [0.1, 0.15) is 31.4 Å². The smallest absolute Gasteiger partial charge is 0.219 e. The first-order valence-electron chi connectivity index (χ1n) is 6.65. The highest BCUT2D eigenvalue weighted by molar-refractivity contribution is 6.01. The van der Waals surface area contributed by atoms with Crippen molar-refractivity contribution in [2.24, 2.45) is 5.16 Å². The lowest BCUT2D eigenvalue weighted by Crippen LogP contribution is -2.36. The van der Waals surface area contributed by atoms with Gasteiger partial charge in [0.1, 0.15) is 0 Å². The molecule has 0 saturated carbocycles. The van der Waals surface area contributed by atoms with Gasteiger partial charge in [-0.05, 0) is 19.4 Å². The predicted octanol–water partition coefficient (Wildman–Crippen LogP) is 2.36. The molecule has 0 aliphatic carbocycles. The Kier molecular flexibility index (Phi) is 4.20. The molecule has 0 aromatic heterocycles. The van der Waals surface area contributed by atoms with Gasteiger partial charge in [0.05, 0.1) is 12.3 Å². The standard InChI is InChI=1S/C15H20N2O2/c1-4-17(12(3)18)10-14-9-15(16-19-14)13-7-5-11(2)6-8-13/h5-8,14H,4,9-10H2,1-3H3. The van der Waals surface area contributed by atoms with Gasteiger partial charge in [-0.2, -0.15) is 0 Å². The molecule has 0 saturated heterocycles. The van der Waals surface area contributed by atoms with E-state index in [0.717, 1.165) is 17.7 Å². The van der Waals surface area contributed by atoms with Gasteiger partial charge in [-0.15, -0.1) is 0 Å². The number of benzene rings is 1. The Morgan fingerprint density at radius 2 is 2.11 bits per heavy atom. The minimum absolute atomic E-state index is 0.0276. The summed E-state index contributed by atoms with van der Waals surface area (Å²) in [7, 11) is 0. The lowest BCUT2D eigenvalue weighted by Gasteiger charge is -2.21. The third-order valence-electron chi connectivity index (χ3n) is 3.37. The molecule has 2 rings (SSSR count). The SMILES string of the molecule is CCN(CC1CC(c2ccc(C)cc2)=NO1)C(C)=O. The molecular weight excluding hydrogens is 240 g/mol. The van der Waals surface area contributed by atoms with E-state index in [2.05, 4.69) is 36.3 Å². The van der Waals surface area contributed by atoms with Crippen molar-refractivity contribution in [2.75, 3.05) is 13.1 Å². The Labute approximate surface area is 114 Å². The number of likely N-dealkylation sites (N-methyl/N-ethyl adjacent to an activating group) is 1. The normalized spacial score (nSPS) is 17.8. The second kappa shape index (κ2) is 5.87. The van der Waals surface area contributed by atoms with Crippen LogP contribution in [0.3, 0.4) is 0 Å². The van der Waals surface area contributed by atoms with E-state index >= 15 is 0 Å². The molecule has 1 unspecified atom stereocenters. The van der Waals surface area contributed by atoms with E-state index in [1.807, 2.05) is 6.92 Å². The van der Waals surface area contributed by atoms with Crippen LogP contribution >= 0.6 is 0 Å². The zero-order valence-electron chi connectivity index (χ0n) is 11.7. The molecule has 1 amide bonds. The largest absolute Gasteiger partial charge is 0.390 e. The van der Waals surface area contributed by atoms with Crippen LogP contribution in [0.15, 0.2) is 29.4 Å². The van der Waals surface area contributed by atoms with Gasteiger partial charge in [-0.3, -0.25) is 4.79 Å². The van der Waals surface area contributed by atoms with Gasteiger partial charge in [0.2, 0.25) is 5.91 Å². The summed E-state index contributed by atoms with van der Waals surface area (Å²) in [6.07, 6.45) is 0.729. The van der Waals surface area contributed by atoms with Crippen molar-refractivity contribution < 1.29 is 9.63 Å². The molecule has 1 heterocycles. The molecule has 0 radical (unpaired) electrons. The van der Waals surface area contributed by atoms with Gasteiger partial charge in [-0.1, -0.05) is 35.0 Å². The van der Waals surface area contributed by atoms with Crippen LogP contribution in [-0.4, -0.2) is 35.7 Å². The fourth-order valence-electron chi connectivity index (χ4n) is 2.17. The average molecular weight is 260 g/mol. The van der Waals surface area contributed by atoms with Crippen molar-refractivity contribution >= 4 is 11.6 Å². The Hall–Kier alpha value is -1.84. The maximum absolute atomic E-state index is 11.4. The van der Waals surface area contributed by atoms with Crippen LogP contribution in [0.4, 0.5) is 0 Å². The zero-order chi connectivity index (χ0) is 13.8. The fourth-order valence-corrected chi connectivity index (χ4v) is 2.17. The summed E-state index contributed by atoms with van der Waals surface area (Å²) < 4.78 is 0. The molecule has 0 bridgehead atoms. The Morgan fingerprint density at radius 1 is 1.42 bits per heavy atom. The number of carbonyl (C=O) groups excluding carboxylic acids is 1. The number of aryl methyl sites for hydroxylation is 1. The van der Waals surface area contributed by atoms with Gasteiger partial charge in [-0.25, -0.2) is 0 Å². The van der Waals surface area contributed by atoms with Crippen molar-refractivity contribution in [2.45, 2.75) is 33.3 Å². The summed E-state index contributed by atoms with van der Waals surface area (Å²) in [5.74, 6) is 0.0786. The number of carbonyl (C=O) groups is 1. The van der Waals surface area contributed by atoms with Crippen LogP contribution < -0.4 is 0 Å². The minimum atomic E-state index is -0.0276. The van der Waals surface area contributed by atoms with Gasteiger partial charge in [0.25, 0.3) is 0 Å². The van der Waals surface area contributed by atoms with Crippen LogP contribution in [0.2, 0.25) is 0 Å². The number of hydrogen-bond donors (Lipinski definition) is 0. The third kappa shape index (κ3) is 3.34. The van der Waals surface area contributed by atoms with E-state index in [0.29, 0.717) is 13.1 Å². The summed E-state index contributed by atoms with van der Waals surface area (Å²) in [6, 6.07) is 8.25. The zero-order valence-corrected chi connectivity index (χ0v) is 11.7. The predicted molar refractivity (Wildman–Crippen MR) is 75.1 cm³/mol. The van der Waals surface area contributed by atoms with Crippen LogP contribution in [0, 0.1) is 6.92 Å². The first-order valence-corrected chi connectivity index (χ1v) is 6.65. The van der Waals surface area contributed by atoms with Crippen molar-refractivity contribution in [3.05, 3.63) is 35.4 Å². The second-order valence-electron chi connectivity index (χ2n) is 4.89. The highest BCUT2D eigenvalue weighted by Crippen LogP contribution is 2.18. The Bertz CT molecular complexity index is 479. The van der Waals surface area contributed by atoms with E-state index in [1.54, 1.807) is 11.8 Å². The lowest BCUT2D eigenvalue weighted by atomic mass is 10.0. The highest BCUT2D eigenvalue weighted by atomic mass is 16.6. The average Bonchev–Trinajstić information content (AvgIpc) is 2.85. The first-order chi connectivity index (χ1) is 9.10. The van der Waals surface area contributed by atoms with Crippen LogP contribution in [0.5, 0.6) is 0 Å². The van der Waals surface area contributed by atoms with Gasteiger partial charge in [0, 0.05) is 19.9 Å². The van der Waals surface area contributed by atoms with E-state index in [9.17, 15) is 4.79 Å². The number of amides is 1. The van der Waals surface area contributed by atoms with Gasteiger partial charge in [0.15, 0.2) is 6.10 Å². The summed E-state index contributed by atoms with van der Waals surface area (Å²) in [5.41, 5.74) is 3.29. The number of rotatable bonds is 4. The summed E-state index contributed by atoms with van der Waals surface area (Å²) in [6.45, 7) is 6.92. The molecule has 4 nitrogen and oxygen atoms in total. The van der Waals surface area contributed by atoms with E-state index in [1.165, 1.54) is 5.56 Å². The number of oxime groups is 1. The van der Waals surface area contributed by atoms with Crippen molar-refractivity contribution in [3.63, 3.8) is 0 Å². The molecule has 4 heteroatoms. The molecule has 102 valence electrons. The maximum atomic E-state index is 11.4. The Balaban J connectivity index is 1.95. The quantitative estimate of drug-likeness (QED) is 0.834. The molecule has 1 aromatic carbocycles. The van der Waals surface area contributed by atoms with Crippen molar-refractivity contribution in [3.8, 4) is 0 Å². The first kappa shape index (κ1) is 13.6. The minimum Gasteiger partial charge on any atom is -0.390 e. The lowest BCUT2D eigenvalue weighted by molar-refractivity contribution is -0.130. The molecule has 1 aliphatic rings. The topological polar surface area (TPSA) is 41.9 Å². The molecule has 1 aromatic rings. The maximum Gasteiger partial charge on any atom is 0.219 e. The summed E-state index contributed by atoms with van der Waals surface area (Å²) >= 11 is 0. The number of hydrogen-bond acceptors (Lipinski definition) is 3. The van der Waals surface area contributed by atoms with Gasteiger partial charge >= 0.3 is 0 Å². The molecule has 0 spiro atoms. The molecule has 19 heavy (non-hydrogen) atoms. The molecule has 1 aliphatic heterocycles. The van der Waals surface area contributed by atoms with Crippen LogP contribution in [-0.2, 0) is 9.63 Å². The highest BCUT2D eigenvalue weighted by Gasteiger charge is 2.24. The van der Waals surface area contributed by atoms with Gasteiger partial charge < -0.3 is 9.74 Å². The molecule has 1 atom stereocenters. The monoisotopic (exact) mass is 260 g/mol. The summed E-state index contributed by atoms with van der Waals surface area (Å²) in [5, 5.41) is 4.14. The number of nitrogens with zero attached hydrogens (tertiary/aromatic N) is 2. The van der Waals surface area contributed by atoms with E-state index in [-0.39, 0.29) is 12.0 Å². The van der Waals surface area contributed by atoms with E-state index in [4.69, 9.17) is 4.84 Å². The molecule has 0 N–H and O–H groups in total. The van der Waals surface area contributed by atoms with E-state index < -0.39 is 0 Å². The van der Waals surface area contributed by atoms with Crippen molar-refractivity contribution in [1.82, 2.24) is 4.90 Å². The van der Waals surface area contributed by atoms with Crippen LogP contribution in [0.25, 0.3) is 0 Å². The fraction of sp³-hybridized carbons (Fsp3) is 0.467. The third-order valence-corrected chi connectivity index (χ3v) is 3.37.